The maximum absolute atomic E-state index is 12.9. The molecule has 1 atom stereocenters. The first-order valence-electron chi connectivity index (χ1n) is 7.89. The first-order valence-corrected chi connectivity index (χ1v) is 10.8. The molecule has 3 aromatic carbocycles. The van der Waals surface area contributed by atoms with E-state index >= 15 is 0 Å². The van der Waals surface area contributed by atoms with Gasteiger partial charge in [-0.2, -0.15) is 8.42 Å². The molecule has 5 nitrogen and oxygen atoms in total. The molecule has 3 N–H and O–H groups in total. The standard InChI is InChI=1S/C19H12Cl4O5S/c20-12-3-1-2-10(6-12)19(29(26,27)28,11-4-5-15(22)16(23)7-11)14-8-13(21)9-17(24)18(14)25/h1-9,24-25H,(H,26,27,28). The molecule has 0 heterocycles. The van der Waals surface area contributed by atoms with Gasteiger partial charge in [-0.05, 0) is 41.5 Å². The molecule has 10 heteroatoms. The topological polar surface area (TPSA) is 94.8 Å². The third-order valence-electron chi connectivity index (χ3n) is 4.38. The second-order valence-electron chi connectivity index (χ2n) is 6.12. The van der Waals surface area contributed by atoms with Crippen molar-refractivity contribution in [1.29, 1.82) is 0 Å². The molecule has 1 unspecified atom stereocenters. The predicted octanol–water partition coefficient (Wildman–Crippen LogP) is 5.89. The second kappa shape index (κ2) is 7.87. The molecule has 152 valence electrons. The largest absolute Gasteiger partial charge is 0.504 e. The Balaban J connectivity index is 2.60. The molecule has 0 spiro atoms. The average Bonchev–Trinajstić information content (AvgIpc) is 2.61. The van der Waals surface area contributed by atoms with Gasteiger partial charge in [-0.3, -0.25) is 4.55 Å². The summed E-state index contributed by atoms with van der Waals surface area (Å²) in [6.07, 6.45) is 0. The first-order chi connectivity index (χ1) is 13.5. The van der Waals surface area contributed by atoms with Gasteiger partial charge in [-0.1, -0.05) is 64.6 Å². The molecule has 29 heavy (non-hydrogen) atoms. The number of halogens is 4. The number of aromatic hydroxyl groups is 2. The fourth-order valence-corrected chi connectivity index (χ4v) is 5.17. The van der Waals surface area contributed by atoms with E-state index < -0.39 is 31.9 Å². The van der Waals surface area contributed by atoms with Crippen molar-refractivity contribution in [2.75, 3.05) is 0 Å². The predicted molar refractivity (Wildman–Crippen MR) is 114 cm³/mol. The summed E-state index contributed by atoms with van der Waals surface area (Å²) in [5.74, 6) is -1.47. The highest BCUT2D eigenvalue weighted by Crippen LogP contribution is 2.51. The Kier molecular flexibility index (Phi) is 5.98. The van der Waals surface area contributed by atoms with Crippen LogP contribution in [0.25, 0.3) is 0 Å². The molecule has 3 aromatic rings. The van der Waals surface area contributed by atoms with Crippen LogP contribution in [0.1, 0.15) is 16.7 Å². The van der Waals surface area contributed by atoms with Crippen molar-refractivity contribution in [3.63, 3.8) is 0 Å². The van der Waals surface area contributed by atoms with Gasteiger partial charge in [0.15, 0.2) is 16.2 Å². The Morgan fingerprint density at radius 2 is 1.41 bits per heavy atom. The minimum Gasteiger partial charge on any atom is -0.504 e. The highest BCUT2D eigenvalue weighted by atomic mass is 35.5. The van der Waals surface area contributed by atoms with E-state index in [9.17, 15) is 23.2 Å². The summed E-state index contributed by atoms with van der Waals surface area (Å²) in [6.45, 7) is 0. The minimum atomic E-state index is -5.08. The summed E-state index contributed by atoms with van der Waals surface area (Å²) >= 11 is 24.2. The normalized spacial score (nSPS) is 13.8. The monoisotopic (exact) mass is 492 g/mol. The van der Waals surface area contributed by atoms with Crippen LogP contribution < -0.4 is 0 Å². The van der Waals surface area contributed by atoms with Crippen molar-refractivity contribution in [3.05, 3.63) is 91.4 Å². The zero-order valence-corrected chi connectivity index (χ0v) is 18.1. The van der Waals surface area contributed by atoms with Gasteiger partial charge in [-0.15, -0.1) is 0 Å². The van der Waals surface area contributed by atoms with Crippen LogP contribution in [0, 0.1) is 0 Å². The van der Waals surface area contributed by atoms with Crippen LogP contribution in [0.2, 0.25) is 20.1 Å². The third-order valence-corrected chi connectivity index (χ3v) is 7.04. The molecule has 0 aromatic heterocycles. The minimum absolute atomic E-state index is 0.00459. The molecule has 0 bridgehead atoms. The lowest BCUT2D eigenvalue weighted by atomic mass is 9.83. The summed E-state index contributed by atoms with van der Waals surface area (Å²) in [7, 11) is -5.08. The van der Waals surface area contributed by atoms with Crippen LogP contribution >= 0.6 is 46.4 Å². The lowest BCUT2D eigenvalue weighted by Gasteiger charge is -2.33. The molecule has 0 aliphatic heterocycles. The van der Waals surface area contributed by atoms with Crippen molar-refractivity contribution >= 4 is 56.5 Å². The van der Waals surface area contributed by atoms with Crippen LogP contribution in [0.3, 0.4) is 0 Å². The molecular formula is C19H12Cl4O5S. The summed E-state index contributed by atoms with van der Waals surface area (Å²) in [5.41, 5.74) is -0.484. The van der Waals surface area contributed by atoms with Crippen LogP contribution in [-0.4, -0.2) is 23.2 Å². The highest BCUT2D eigenvalue weighted by Gasteiger charge is 2.51. The summed E-state index contributed by atoms with van der Waals surface area (Å²) < 4.78 is 33.9. The van der Waals surface area contributed by atoms with Gasteiger partial charge in [0.2, 0.25) is 0 Å². The quantitative estimate of drug-likeness (QED) is 0.239. The van der Waals surface area contributed by atoms with E-state index in [1.807, 2.05) is 0 Å². The zero-order chi connectivity index (χ0) is 21.6. The van der Waals surface area contributed by atoms with Crippen LogP contribution in [0.15, 0.2) is 54.6 Å². The van der Waals surface area contributed by atoms with Crippen molar-refractivity contribution in [2.45, 2.75) is 4.75 Å². The Labute approximate surface area is 186 Å². The van der Waals surface area contributed by atoms with E-state index in [4.69, 9.17) is 46.4 Å². The van der Waals surface area contributed by atoms with E-state index in [0.717, 1.165) is 12.1 Å². The lowest BCUT2D eigenvalue weighted by molar-refractivity contribution is 0.394. The number of benzene rings is 3. The van der Waals surface area contributed by atoms with Crippen LogP contribution in [0.4, 0.5) is 0 Å². The summed E-state index contributed by atoms with van der Waals surface area (Å²) in [6, 6.07) is 11.7. The molecule has 0 aliphatic carbocycles. The summed E-state index contributed by atoms with van der Waals surface area (Å²) in [4.78, 5) is 0. The number of phenols is 2. The number of hydrogen-bond acceptors (Lipinski definition) is 4. The molecule has 0 radical (unpaired) electrons. The zero-order valence-electron chi connectivity index (χ0n) is 14.3. The number of hydrogen-bond donors (Lipinski definition) is 3. The van der Waals surface area contributed by atoms with Crippen molar-refractivity contribution < 1.29 is 23.2 Å². The maximum atomic E-state index is 12.9. The van der Waals surface area contributed by atoms with E-state index in [2.05, 4.69) is 0 Å². The van der Waals surface area contributed by atoms with Crippen LogP contribution in [0.5, 0.6) is 11.5 Å². The second-order valence-corrected chi connectivity index (χ2v) is 9.37. The van der Waals surface area contributed by atoms with Crippen molar-refractivity contribution in [2.24, 2.45) is 0 Å². The van der Waals surface area contributed by atoms with Crippen molar-refractivity contribution in [1.82, 2.24) is 0 Å². The van der Waals surface area contributed by atoms with E-state index in [0.29, 0.717) is 0 Å². The van der Waals surface area contributed by atoms with Gasteiger partial charge in [0, 0.05) is 21.7 Å². The molecule has 0 fully saturated rings. The molecule has 3 rings (SSSR count). The number of phenolic OH excluding ortho intramolecular Hbond substituents is 2. The molecule has 0 aliphatic rings. The van der Waals surface area contributed by atoms with Gasteiger partial charge in [0.05, 0.1) is 10.0 Å². The highest BCUT2D eigenvalue weighted by molar-refractivity contribution is 7.87. The van der Waals surface area contributed by atoms with Gasteiger partial charge >= 0.3 is 0 Å². The van der Waals surface area contributed by atoms with Gasteiger partial charge < -0.3 is 10.2 Å². The maximum Gasteiger partial charge on any atom is 0.283 e. The number of rotatable bonds is 4. The Morgan fingerprint density at radius 1 is 0.759 bits per heavy atom. The fourth-order valence-electron chi connectivity index (χ4n) is 3.19. The van der Waals surface area contributed by atoms with Gasteiger partial charge in [0.1, 0.15) is 0 Å². The van der Waals surface area contributed by atoms with Gasteiger partial charge in [-0.25, -0.2) is 0 Å². The van der Waals surface area contributed by atoms with E-state index in [1.54, 1.807) is 0 Å². The Morgan fingerprint density at radius 3 is 2.00 bits per heavy atom. The Bertz CT molecular complexity index is 1210. The molecule has 0 amide bonds. The van der Waals surface area contributed by atoms with Crippen molar-refractivity contribution in [3.8, 4) is 11.5 Å². The van der Waals surface area contributed by atoms with Crippen LogP contribution in [-0.2, 0) is 14.9 Å². The van der Waals surface area contributed by atoms with Gasteiger partial charge in [0.25, 0.3) is 10.1 Å². The first kappa shape index (κ1) is 22.0. The average molecular weight is 494 g/mol. The molecule has 0 saturated carbocycles. The third kappa shape index (κ3) is 3.77. The smallest absolute Gasteiger partial charge is 0.283 e. The SMILES string of the molecule is O=S(=O)(O)C(c1cccc(Cl)c1)(c1ccc(Cl)c(Cl)c1)c1cc(Cl)cc(O)c1O. The Hall–Kier alpha value is -1.67. The fraction of sp³-hybridized carbons (Fsp3) is 0.0526. The lowest BCUT2D eigenvalue weighted by Crippen LogP contribution is -2.38. The summed E-state index contributed by atoms with van der Waals surface area (Å²) in [5, 5.41) is 20.9. The van der Waals surface area contributed by atoms with E-state index in [1.165, 1.54) is 42.5 Å². The molecule has 0 saturated heterocycles. The molecular weight excluding hydrogens is 482 g/mol. The van der Waals surface area contributed by atoms with E-state index in [-0.39, 0.29) is 31.2 Å².